The van der Waals surface area contributed by atoms with Gasteiger partial charge in [-0.2, -0.15) is 0 Å². The lowest BCUT2D eigenvalue weighted by Crippen LogP contribution is -2.36. The van der Waals surface area contributed by atoms with Crippen molar-refractivity contribution in [3.63, 3.8) is 0 Å². The van der Waals surface area contributed by atoms with Gasteiger partial charge in [-0.1, -0.05) is 39.0 Å². The maximum Gasteiger partial charge on any atom is 0.319 e. The maximum atomic E-state index is 12.6. The summed E-state index contributed by atoms with van der Waals surface area (Å²) in [6.45, 7) is 12.7. The molecular weight excluding hydrogens is 338 g/mol. The Bertz CT molecular complexity index is 656. The van der Waals surface area contributed by atoms with E-state index >= 15 is 0 Å². The van der Waals surface area contributed by atoms with Crippen molar-refractivity contribution in [2.75, 3.05) is 5.75 Å². The average molecular weight is 368 g/mol. The van der Waals surface area contributed by atoms with E-state index in [1.54, 1.807) is 32.9 Å². The van der Waals surface area contributed by atoms with E-state index in [1.807, 2.05) is 39.8 Å². The number of hydrogen-bond donors (Lipinski definition) is 1. The Labute approximate surface area is 153 Å². The molecule has 2 atom stereocenters. The molecule has 1 rings (SSSR count). The van der Waals surface area contributed by atoms with Crippen LogP contribution in [0.1, 0.15) is 60.1 Å². The molecule has 1 N–H and O–H groups in total. The number of ether oxygens (including phenoxy) is 1. The van der Waals surface area contributed by atoms with E-state index in [4.69, 9.17) is 4.74 Å². The normalized spacial score (nSPS) is 14.5. The Morgan fingerprint density at radius 3 is 2.20 bits per heavy atom. The Morgan fingerprint density at radius 1 is 1.12 bits per heavy atom. The van der Waals surface area contributed by atoms with E-state index < -0.39 is 27.8 Å². The molecule has 1 aromatic rings. The second kappa shape index (κ2) is 8.13. The van der Waals surface area contributed by atoms with Gasteiger partial charge in [-0.3, -0.25) is 13.8 Å². The van der Waals surface area contributed by atoms with Crippen LogP contribution in [-0.2, 0) is 25.1 Å². The van der Waals surface area contributed by atoms with Crippen molar-refractivity contribution in [3.05, 3.63) is 29.8 Å². The predicted molar refractivity (Wildman–Crippen MR) is 99.6 cm³/mol. The number of carbonyl (C=O) groups excluding carboxylic acids is 2. The largest absolute Gasteiger partial charge is 0.459 e. The second-order valence-corrected chi connectivity index (χ2v) is 9.48. The predicted octanol–water partition coefficient (Wildman–Crippen LogP) is 3.36. The van der Waals surface area contributed by atoms with Crippen molar-refractivity contribution in [1.29, 1.82) is 0 Å². The molecule has 1 amide bonds. The molecule has 0 aliphatic rings. The second-order valence-electron chi connectivity index (χ2n) is 8.06. The first-order valence-electron chi connectivity index (χ1n) is 8.31. The fraction of sp³-hybridized carbons (Fsp3) is 0.579. The third-order valence-electron chi connectivity index (χ3n) is 3.33. The summed E-state index contributed by atoms with van der Waals surface area (Å²) in [6, 6.07) is 6.81. The molecule has 0 saturated carbocycles. The van der Waals surface area contributed by atoms with Crippen molar-refractivity contribution in [2.45, 2.75) is 65.0 Å². The SMILES string of the molecule is C[C@@H](NC(=O)C(C)(C)C)c1ccccc1[S@@](=O)CC(=O)OC(C)(C)C. The summed E-state index contributed by atoms with van der Waals surface area (Å²) in [4.78, 5) is 24.7. The lowest BCUT2D eigenvalue weighted by molar-refractivity contribution is -0.151. The summed E-state index contributed by atoms with van der Waals surface area (Å²) in [5.74, 6) is -0.812. The van der Waals surface area contributed by atoms with Crippen molar-refractivity contribution >= 4 is 22.7 Å². The van der Waals surface area contributed by atoms with Crippen LogP contribution in [0.2, 0.25) is 0 Å². The molecule has 0 aromatic heterocycles. The van der Waals surface area contributed by atoms with Gasteiger partial charge >= 0.3 is 5.97 Å². The molecule has 0 aliphatic carbocycles. The zero-order valence-electron chi connectivity index (χ0n) is 16.1. The van der Waals surface area contributed by atoms with Gasteiger partial charge in [0.15, 0.2) is 0 Å². The molecule has 0 saturated heterocycles. The summed E-state index contributed by atoms with van der Waals surface area (Å²) in [7, 11) is -1.54. The van der Waals surface area contributed by atoms with Crippen LogP contribution in [0, 0.1) is 5.41 Å². The average Bonchev–Trinajstić information content (AvgIpc) is 2.43. The van der Waals surface area contributed by atoms with Crippen LogP contribution < -0.4 is 5.32 Å². The Morgan fingerprint density at radius 2 is 1.68 bits per heavy atom. The topological polar surface area (TPSA) is 72.5 Å². The third kappa shape index (κ3) is 6.98. The highest BCUT2D eigenvalue weighted by Crippen LogP contribution is 2.23. The summed E-state index contributed by atoms with van der Waals surface area (Å²) < 4.78 is 17.9. The fourth-order valence-electron chi connectivity index (χ4n) is 2.09. The van der Waals surface area contributed by atoms with Gasteiger partial charge in [-0.05, 0) is 39.3 Å². The molecule has 0 aliphatic heterocycles. The number of amides is 1. The molecule has 6 heteroatoms. The van der Waals surface area contributed by atoms with Crippen molar-refractivity contribution < 1.29 is 18.5 Å². The number of carbonyl (C=O) groups is 2. The molecule has 0 radical (unpaired) electrons. The zero-order chi connectivity index (χ0) is 19.4. The van der Waals surface area contributed by atoms with Gasteiger partial charge in [0, 0.05) is 10.3 Å². The zero-order valence-corrected chi connectivity index (χ0v) is 17.0. The van der Waals surface area contributed by atoms with Crippen LogP contribution in [0.4, 0.5) is 0 Å². The van der Waals surface area contributed by atoms with E-state index in [1.165, 1.54) is 0 Å². The molecule has 0 spiro atoms. The van der Waals surface area contributed by atoms with E-state index in [-0.39, 0.29) is 17.7 Å². The van der Waals surface area contributed by atoms with Crippen molar-refractivity contribution in [1.82, 2.24) is 5.32 Å². The van der Waals surface area contributed by atoms with Crippen LogP contribution >= 0.6 is 0 Å². The summed E-state index contributed by atoms with van der Waals surface area (Å²) in [6.07, 6.45) is 0. The molecule has 1 aromatic carbocycles. The minimum Gasteiger partial charge on any atom is -0.459 e. The lowest BCUT2D eigenvalue weighted by Gasteiger charge is -2.23. The Kier molecular flexibility index (Phi) is 6.94. The highest BCUT2D eigenvalue weighted by Gasteiger charge is 2.25. The number of rotatable bonds is 5. The van der Waals surface area contributed by atoms with Gasteiger partial charge in [0.25, 0.3) is 0 Å². The first kappa shape index (κ1) is 21.4. The number of hydrogen-bond acceptors (Lipinski definition) is 4. The first-order valence-corrected chi connectivity index (χ1v) is 9.63. The van der Waals surface area contributed by atoms with Crippen LogP contribution in [-0.4, -0.2) is 27.4 Å². The van der Waals surface area contributed by atoms with Crippen LogP contribution in [0.3, 0.4) is 0 Å². The van der Waals surface area contributed by atoms with Gasteiger partial charge in [-0.25, -0.2) is 0 Å². The minimum atomic E-state index is -1.54. The minimum absolute atomic E-state index is 0.0901. The van der Waals surface area contributed by atoms with Crippen LogP contribution in [0.5, 0.6) is 0 Å². The van der Waals surface area contributed by atoms with E-state index in [0.29, 0.717) is 4.90 Å². The molecule has 0 heterocycles. The van der Waals surface area contributed by atoms with Gasteiger partial charge in [0.05, 0.1) is 16.8 Å². The standard InChI is InChI=1S/C19H29NO4S/c1-13(20-17(22)18(2,3)4)14-10-8-9-11-15(14)25(23)12-16(21)24-19(5,6)7/h8-11,13H,12H2,1-7H3,(H,20,22)/t13-,25+/m1/s1. The lowest BCUT2D eigenvalue weighted by atomic mass is 9.94. The quantitative estimate of drug-likeness (QED) is 0.810. The molecular formula is C19H29NO4S. The van der Waals surface area contributed by atoms with Crippen molar-refractivity contribution in [3.8, 4) is 0 Å². The smallest absolute Gasteiger partial charge is 0.319 e. The summed E-state index contributed by atoms with van der Waals surface area (Å²) >= 11 is 0. The fourth-order valence-corrected chi connectivity index (χ4v) is 3.26. The van der Waals surface area contributed by atoms with Gasteiger partial charge in [0.2, 0.25) is 5.91 Å². The first-order chi connectivity index (χ1) is 11.3. The van der Waals surface area contributed by atoms with Crippen molar-refractivity contribution in [2.24, 2.45) is 5.41 Å². The number of nitrogens with one attached hydrogen (secondary N) is 1. The number of esters is 1. The maximum absolute atomic E-state index is 12.6. The summed E-state index contributed by atoms with van der Waals surface area (Å²) in [5.41, 5.74) is -0.393. The van der Waals surface area contributed by atoms with Crippen LogP contribution in [0.25, 0.3) is 0 Å². The third-order valence-corrected chi connectivity index (χ3v) is 4.69. The monoisotopic (exact) mass is 367 g/mol. The van der Waals surface area contributed by atoms with Gasteiger partial charge in [-0.15, -0.1) is 0 Å². The molecule has 25 heavy (non-hydrogen) atoms. The molecule has 0 fully saturated rings. The Hall–Kier alpha value is -1.69. The number of benzene rings is 1. The molecule has 140 valence electrons. The molecule has 0 unspecified atom stereocenters. The van der Waals surface area contributed by atoms with Crippen LogP contribution in [0.15, 0.2) is 29.2 Å². The van der Waals surface area contributed by atoms with Gasteiger partial charge < -0.3 is 10.1 Å². The van der Waals surface area contributed by atoms with Gasteiger partial charge in [0.1, 0.15) is 11.4 Å². The highest BCUT2D eigenvalue weighted by molar-refractivity contribution is 7.85. The van der Waals surface area contributed by atoms with E-state index in [2.05, 4.69) is 5.32 Å². The Balaban J connectivity index is 2.94. The molecule has 0 bridgehead atoms. The summed E-state index contributed by atoms with van der Waals surface area (Å²) in [5, 5.41) is 2.93. The van der Waals surface area contributed by atoms with E-state index in [0.717, 1.165) is 5.56 Å². The van der Waals surface area contributed by atoms with E-state index in [9.17, 15) is 13.8 Å². The molecule has 5 nitrogen and oxygen atoms in total. The highest BCUT2D eigenvalue weighted by atomic mass is 32.2.